The van der Waals surface area contributed by atoms with Gasteiger partial charge in [-0.25, -0.2) is 16.8 Å². The number of hydrogen-bond donors (Lipinski definition) is 0. The number of halogens is 1. The lowest BCUT2D eigenvalue weighted by Crippen LogP contribution is -2.48. The minimum absolute atomic E-state index is 0.0914. The van der Waals surface area contributed by atoms with E-state index in [0.717, 1.165) is 57.9 Å². The first-order valence-electron chi connectivity index (χ1n) is 18.2. The van der Waals surface area contributed by atoms with Gasteiger partial charge in [-0.2, -0.15) is 4.57 Å². The van der Waals surface area contributed by atoms with Crippen LogP contribution >= 0.6 is 11.6 Å². The van der Waals surface area contributed by atoms with Gasteiger partial charge in [0.05, 0.1) is 56.8 Å². The first-order valence-corrected chi connectivity index (χ1v) is 21.3. The van der Waals surface area contributed by atoms with Crippen LogP contribution in [0, 0.1) is 0 Å². The van der Waals surface area contributed by atoms with Gasteiger partial charge in [0.2, 0.25) is 26.4 Å². The lowest BCUT2D eigenvalue weighted by molar-refractivity contribution is -0.923. The van der Waals surface area contributed by atoms with E-state index in [-0.39, 0.29) is 13.2 Å². The molecule has 4 aromatic rings. The minimum atomic E-state index is -4.42. The van der Waals surface area contributed by atoms with Gasteiger partial charge in [0.1, 0.15) is 12.4 Å². The molecule has 2 heterocycles. The molecule has 0 amide bonds. The second kappa shape index (κ2) is 20.4. The molecule has 0 radical (unpaired) electrons. The number of nitrogens with zero attached hydrogens (tertiary/aromatic N) is 4. The van der Waals surface area contributed by atoms with E-state index in [0.29, 0.717) is 0 Å². The molecule has 1 aromatic heterocycles. The largest absolute Gasteiger partial charge is 0.726 e. The summed E-state index contributed by atoms with van der Waals surface area (Å²) in [5.41, 5.74) is 4.47. The van der Waals surface area contributed by atoms with Crippen molar-refractivity contribution in [2.75, 3.05) is 62.3 Å². The maximum atomic E-state index is 9.45. The van der Waals surface area contributed by atoms with Gasteiger partial charge in [-0.15, -0.1) is 0 Å². The average molecular weight is 809 g/mol. The standard InChI is InChI=1S/C34H43ClN4O.2C2H6O4S/c1-6-36-31-25-27(35)20-22-29(31)38(23-14-24-39(8-3,9-4)10-5)32(36)17-13-18-33-37(7-2)30-21-19-26-15-11-12-16-28(26)34(30)40-33;2*1-2-6-7(3,4)5/h11-13,15-22,25H,6-10,14,23-24H2,1-5H3;2*2H2,1H3,(H,3,4,5)/q+2;;/p-2. The lowest BCUT2D eigenvalue weighted by atomic mass is 10.1. The van der Waals surface area contributed by atoms with Crippen LogP contribution < -0.4 is 14.4 Å². The molecule has 54 heavy (non-hydrogen) atoms. The lowest BCUT2D eigenvalue weighted by Gasteiger charge is -2.36. The van der Waals surface area contributed by atoms with Crippen molar-refractivity contribution in [3.63, 3.8) is 0 Å². The predicted molar refractivity (Wildman–Crippen MR) is 213 cm³/mol. The summed E-state index contributed by atoms with van der Waals surface area (Å²) >= 11 is 6.46. The molecule has 0 unspecified atom stereocenters. The first kappa shape index (κ1) is 44.9. The first-order chi connectivity index (χ1) is 25.6. The number of anilines is 2. The zero-order chi connectivity index (χ0) is 40.1. The summed E-state index contributed by atoms with van der Waals surface area (Å²) in [6, 6.07) is 19.0. The molecule has 5 rings (SSSR count). The molecule has 13 nitrogen and oxygen atoms in total. The van der Waals surface area contributed by atoms with Crippen molar-refractivity contribution in [3.05, 3.63) is 83.5 Å². The highest BCUT2D eigenvalue weighted by Gasteiger charge is 2.31. The van der Waals surface area contributed by atoms with Crippen molar-refractivity contribution < 1.29 is 47.8 Å². The highest BCUT2D eigenvalue weighted by atomic mass is 35.5. The summed E-state index contributed by atoms with van der Waals surface area (Å²) in [5.74, 6) is 2.04. The molecular formula is C38H53ClN4O9S2. The second-order valence-electron chi connectivity index (χ2n) is 12.2. The molecule has 16 heteroatoms. The highest BCUT2D eigenvalue weighted by Crippen LogP contribution is 2.43. The van der Waals surface area contributed by atoms with Gasteiger partial charge in [0, 0.05) is 36.0 Å². The molecule has 0 aliphatic carbocycles. The molecule has 0 N–H and O–H groups in total. The van der Waals surface area contributed by atoms with E-state index in [1.165, 1.54) is 62.6 Å². The van der Waals surface area contributed by atoms with Crippen LogP contribution in [0.25, 0.3) is 27.9 Å². The van der Waals surface area contributed by atoms with Gasteiger partial charge in [-0.3, -0.25) is 8.37 Å². The fourth-order valence-electron chi connectivity index (χ4n) is 6.58. The molecule has 0 bridgehead atoms. The maximum absolute atomic E-state index is 9.45. The number of quaternary nitrogens is 1. The Morgan fingerprint density at radius 1 is 0.833 bits per heavy atom. The quantitative estimate of drug-likeness (QED) is 0.0529. The molecule has 298 valence electrons. The number of fused-ring (bicyclic) bond motifs is 4. The van der Waals surface area contributed by atoms with Crippen LogP contribution in [0.5, 0.6) is 0 Å². The molecule has 1 aliphatic rings. The van der Waals surface area contributed by atoms with Crippen molar-refractivity contribution in [2.45, 2.75) is 61.4 Å². The third kappa shape index (κ3) is 12.0. The van der Waals surface area contributed by atoms with Gasteiger partial charge < -0.3 is 27.8 Å². The number of aryl methyl sites for hydroxylation is 1. The molecule has 1 aliphatic heterocycles. The minimum Gasteiger partial charge on any atom is -0.726 e. The van der Waals surface area contributed by atoms with Gasteiger partial charge >= 0.3 is 5.89 Å². The fraction of sp³-hybridized carbons (Fsp3) is 0.447. The summed E-state index contributed by atoms with van der Waals surface area (Å²) in [4.78, 5) is 4.84. The van der Waals surface area contributed by atoms with Gasteiger partial charge in [-0.1, -0.05) is 35.9 Å². The Morgan fingerprint density at radius 3 is 2.00 bits per heavy atom. The van der Waals surface area contributed by atoms with Crippen LogP contribution in [0.15, 0.2) is 77.0 Å². The number of hydrogen-bond acceptors (Lipinski definition) is 11. The maximum Gasteiger partial charge on any atom is 0.374 e. The third-order valence-electron chi connectivity index (χ3n) is 9.36. The van der Waals surface area contributed by atoms with Crippen molar-refractivity contribution in [1.82, 2.24) is 0 Å². The Hall–Kier alpha value is -3.54. The Kier molecular flexibility index (Phi) is 16.9. The van der Waals surface area contributed by atoms with E-state index < -0.39 is 20.8 Å². The van der Waals surface area contributed by atoms with Crippen LogP contribution in [-0.4, -0.2) is 82.9 Å². The number of oxazole rings is 1. The van der Waals surface area contributed by atoms with Crippen molar-refractivity contribution in [3.8, 4) is 0 Å². The Balaban J connectivity index is 0.000000476. The second-order valence-corrected chi connectivity index (χ2v) is 14.8. The number of allylic oxidation sites excluding steroid dienone is 2. The molecule has 0 atom stereocenters. The van der Waals surface area contributed by atoms with Crippen LogP contribution in [-0.2, 0) is 35.7 Å². The fourth-order valence-corrected chi connectivity index (χ4v) is 7.32. The molecule has 0 fully saturated rings. The van der Waals surface area contributed by atoms with E-state index in [2.05, 4.69) is 124 Å². The van der Waals surface area contributed by atoms with E-state index in [9.17, 15) is 25.9 Å². The topological polar surface area (TPSA) is 156 Å². The monoisotopic (exact) mass is 808 g/mol. The smallest absolute Gasteiger partial charge is 0.374 e. The van der Waals surface area contributed by atoms with Crippen LogP contribution in [0.1, 0.15) is 60.8 Å². The molecule has 0 saturated carbocycles. The predicted octanol–water partition coefficient (Wildman–Crippen LogP) is 6.98. The van der Waals surface area contributed by atoms with E-state index >= 15 is 0 Å². The van der Waals surface area contributed by atoms with Gasteiger partial charge in [-0.05, 0) is 90.3 Å². The van der Waals surface area contributed by atoms with Gasteiger partial charge in [0.25, 0.3) is 5.52 Å². The molecular weight excluding hydrogens is 756 g/mol. The summed E-state index contributed by atoms with van der Waals surface area (Å²) in [5, 5.41) is 3.11. The third-order valence-corrected chi connectivity index (χ3v) is 10.6. The Morgan fingerprint density at radius 2 is 1.46 bits per heavy atom. The number of rotatable bonds is 15. The number of benzene rings is 3. The molecule has 0 saturated heterocycles. The van der Waals surface area contributed by atoms with Gasteiger partial charge in [0.15, 0.2) is 0 Å². The summed E-state index contributed by atoms with van der Waals surface area (Å²) in [6.45, 7) is 21.4. The molecule has 3 aromatic carbocycles. The van der Waals surface area contributed by atoms with Crippen LogP contribution in [0.3, 0.4) is 0 Å². The van der Waals surface area contributed by atoms with E-state index in [1.54, 1.807) is 0 Å². The van der Waals surface area contributed by atoms with E-state index in [4.69, 9.17) is 16.0 Å². The Labute approximate surface area is 325 Å². The number of aromatic nitrogens is 1. The van der Waals surface area contributed by atoms with Crippen molar-refractivity contribution in [1.29, 1.82) is 0 Å². The van der Waals surface area contributed by atoms with E-state index in [1.807, 2.05) is 6.07 Å². The average Bonchev–Trinajstić information content (AvgIpc) is 3.63. The summed E-state index contributed by atoms with van der Waals surface area (Å²) < 4.78 is 73.9. The summed E-state index contributed by atoms with van der Waals surface area (Å²) in [7, 11) is -8.85. The molecule has 0 spiro atoms. The van der Waals surface area contributed by atoms with Crippen molar-refractivity contribution >= 4 is 71.7 Å². The van der Waals surface area contributed by atoms with Crippen LogP contribution in [0.2, 0.25) is 5.02 Å². The normalized spacial score (nSPS) is 14.1. The highest BCUT2D eigenvalue weighted by molar-refractivity contribution is 7.81. The summed E-state index contributed by atoms with van der Waals surface area (Å²) in [6.07, 6.45) is 7.59. The zero-order valence-electron chi connectivity index (χ0n) is 32.2. The van der Waals surface area contributed by atoms with Crippen molar-refractivity contribution in [2.24, 2.45) is 0 Å². The van der Waals surface area contributed by atoms with Crippen LogP contribution in [0.4, 0.5) is 11.4 Å². The zero-order valence-corrected chi connectivity index (χ0v) is 34.5. The Bertz CT molecular complexity index is 2070. The SMILES string of the molecule is CCN1C(=CC=Cc2oc3c4ccccc4ccc3[n+]2CC)N(CCC[N+](CC)(CC)CC)c2ccc(Cl)cc21.CCOS(=O)(=O)[O-].CCOS(=O)(=O)[O-].